The highest BCUT2D eigenvalue weighted by Crippen LogP contribution is 2.47. The smallest absolute Gasteiger partial charge is 0.336 e. The number of aliphatic hydroxyl groups excluding tert-OH is 4. The minimum absolute atomic E-state index is 0.00899. The van der Waals surface area contributed by atoms with Gasteiger partial charge in [-0.2, -0.15) is 43.6 Å². The normalized spacial score (nSPS) is 22.8. The Bertz CT molecular complexity index is 2860. The van der Waals surface area contributed by atoms with Crippen molar-refractivity contribution < 1.29 is 72.3 Å². The minimum Gasteiger partial charge on any atom is -0.396 e. The van der Waals surface area contributed by atoms with Crippen LogP contribution in [0.3, 0.4) is 0 Å². The number of aliphatic hydroxyl groups is 4. The molecule has 6 rings (SSSR count). The lowest BCUT2D eigenvalue weighted by Gasteiger charge is -2.19. The molecule has 372 valence electrons. The fraction of sp³-hybridized carbons (Fsp3) is 0.444. The van der Waals surface area contributed by atoms with E-state index < -0.39 is 72.8 Å². The zero-order valence-electron chi connectivity index (χ0n) is 36.2. The summed E-state index contributed by atoms with van der Waals surface area (Å²) in [7, 11) is -15.4. The van der Waals surface area contributed by atoms with E-state index in [0.29, 0.717) is 13.1 Å². The molecule has 0 bridgehead atoms. The zero-order chi connectivity index (χ0) is 50.1. The van der Waals surface area contributed by atoms with Crippen molar-refractivity contribution >= 4 is 99.7 Å². The predicted molar refractivity (Wildman–Crippen MR) is 246 cm³/mol. The number of hydrogen-bond donors (Lipinski definition) is 12. The van der Waals surface area contributed by atoms with Gasteiger partial charge in [0.15, 0.2) is 11.1 Å². The Hall–Kier alpha value is -5.20. The maximum atomic E-state index is 12.7. The van der Waals surface area contributed by atoms with Crippen molar-refractivity contribution in [2.45, 2.75) is 33.7 Å². The summed E-state index contributed by atoms with van der Waals surface area (Å²) < 4.78 is 135. The van der Waals surface area contributed by atoms with Gasteiger partial charge in [0.2, 0.25) is 23.8 Å². The molecule has 0 aliphatic carbocycles. The first-order valence-corrected chi connectivity index (χ1v) is 26.2. The van der Waals surface area contributed by atoms with Crippen molar-refractivity contribution in [1.82, 2.24) is 38.9 Å². The largest absolute Gasteiger partial charge is 0.396 e. The highest BCUT2D eigenvalue weighted by atomic mass is 32.2. The molecule has 2 fully saturated rings. The van der Waals surface area contributed by atoms with E-state index in [2.05, 4.69) is 51.2 Å². The summed E-state index contributed by atoms with van der Waals surface area (Å²) >= 11 is 0. The second-order valence-corrected chi connectivity index (χ2v) is 22.4. The van der Waals surface area contributed by atoms with Crippen molar-refractivity contribution in [2.24, 2.45) is 0 Å². The van der Waals surface area contributed by atoms with Crippen molar-refractivity contribution in [3.63, 3.8) is 0 Å². The van der Waals surface area contributed by atoms with Gasteiger partial charge in [0, 0.05) is 50.5 Å². The highest BCUT2D eigenvalue weighted by molar-refractivity contribution is 7.86. The number of anilines is 6. The molecule has 32 heteroatoms. The lowest BCUT2D eigenvalue weighted by Crippen LogP contribution is -2.38. The molecule has 0 saturated carbocycles. The van der Waals surface area contributed by atoms with E-state index in [9.17, 15) is 72.3 Å². The molecule has 0 amide bonds. The standard InChI is InChI=1S/C36H48N12O16S4/c1-47(19-35(47,21-51)9-13-49)33-43-29(37-11-15-65(53,54)55)41-31(45-33)39-25-7-5-23(27(17-25)67(59,60)61)3-4-24-6-8-26(18-28(24)68(62,63)64)40-32-42-30(38-12-16-66(56,57)58)44-34(46-32)48(2)20-36(48,22-52)10-14-50/h3-8,17-18,49-52H,9-16,19-22H2,1-2H3,(H6-2,37,38,39,40,41,42,43,44,45,46,53,54,55,56,57,58,59,60,61,62,63,64)/p+2. The Morgan fingerprint density at radius 3 is 1.22 bits per heavy atom. The van der Waals surface area contributed by atoms with Crippen molar-refractivity contribution in [1.29, 1.82) is 0 Å². The zero-order valence-corrected chi connectivity index (χ0v) is 39.4. The minimum atomic E-state index is -5.02. The van der Waals surface area contributed by atoms with Crippen LogP contribution in [-0.4, -0.2) is 191 Å². The first-order valence-electron chi connectivity index (χ1n) is 20.1. The van der Waals surface area contributed by atoms with Gasteiger partial charge in [0.1, 0.15) is 36.1 Å². The molecule has 4 aromatic rings. The summed E-state index contributed by atoms with van der Waals surface area (Å²) in [6.07, 6.45) is 2.62. The van der Waals surface area contributed by atoms with Gasteiger partial charge in [0.25, 0.3) is 40.5 Å². The fourth-order valence-corrected chi connectivity index (χ4v) is 9.86. The summed E-state index contributed by atoms with van der Waals surface area (Å²) in [6, 6.07) is 7.17. The van der Waals surface area contributed by atoms with E-state index in [-0.39, 0.29) is 120 Å². The van der Waals surface area contributed by atoms with Crippen molar-refractivity contribution in [3.05, 3.63) is 47.5 Å². The molecule has 2 aromatic carbocycles. The van der Waals surface area contributed by atoms with Crippen LogP contribution in [0.2, 0.25) is 0 Å². The maximum Gasteiger partial charge on any atom is 0.336 e. The SMILES string of the molecule is C[N+]1(c2nc(NCCS(=O)(=O)O)nc(Nc3ccc(C=Cc4ccc(Nc5nc(NCCS(=O)(=O)O)nc([N+]6(C)CC6(CO)CCO)n5)cc4S(=O)(=O)O)c(S(=O)(=O)O)c3)n2)CC1(CO)CCO. The Morgan fingerprint density at radius 2 is 0.912 bits per heavy atom. The first-order chi connectivity index (χ1) is 31.6. The molecule has 68 heavy (non-hydrogen) atoms. The summed E-state index contributed by atoms with van der Waals surface area (Å²) in [6.45, 7) is -1.31. The average molecular weight is 1040 g/mol. The molecule has 4 atom stereocenters. The fourth-order valence-electron chi connectivity index (χ4n) is 7.72. The Kier molecular flexibility index (Phi) is 14.8. The van der Waals surface area contributed by atoms with Crippen LogP contribution in [0.1, 0.15) is 24.0 Å². The number of rotatable bonds is 24. The van der Waals surface area contributed by atoms with Gasteiger partial charge in [0.05, 0.1) is 25.6 Å². The van der Waals surface area contributed by atoms with Crippen LogP contribution < -0.4 is 30.2 Å². The lowest BCUT2D eigenvalue weighted by atomic mass is 10.1. The first kappa shape index (κ1) is 52.2. The van der Waals surface area contributed by atoms with Crippen LogP contribution in [0.25, 0.3) is 12.2 Å². The topological polar surface area (TPSA) is 424 Å². The molecule has 2 aliphatic heterocycles. The second-order valence-electron chi connectivity index (χ2n) is 16.4. The van der Waals surface area contributed by atoms with Gasteiger partial charge in [-0.15, -0.1) is 19.9 Å². The number of quaternary nitrogens is 2. The van der Waals surface area contributed by atoms with E-state index in [1.54, 1.807) is 14.1 Å². The van der Waals surface area contributed by atoms with Gasteiger partial charge in [-0.3, -0.25) is 18.2 Å². The molecule has 4 heterocycles. The van der Waals surface area contributed by atoms with E-state index in [1.807, 2.05) is 0 Å². The maximum absolute atomic E-state index is 12.7. The summed E-state index contributed by atoms with van der Waals surface area (Å²) in [5, 5.41) is 50.6. The van der Waals surface area contributed by atoms with Crippen LogP contribution in [0, 0.1) is 0 Å². The molecule has 2 aliphatic rings. The lowest BCUT2D eigenvalue weighted by molar-refractivity contribution is 0.181. The number of nitrogens with one attached hydrogen (secondary N) is 4. The van der Waals surface area contributed by atoms with Gasteiger partial charge in [-0.1, -0.05) is 24.3 Å². The van der Waals surface area contributed by atoms with Gasteiger partial charge in [-0.05, 0) is 35.4 Å². The number of nitrogens with zero attached hydrogens (tertiary/aromatic N) is 8. The molecule has 12 N–H and O–H groups in total. The molecular formula is C36H50N12O16S4+2. The average Bonchev–Trinajstić information content (AvgIpc) is 4.07. The van der Waals surface area contributed by atoms with Crippen LogP contribution in [0.4, 0.5) is 47.1 Å². The summed E-state index contributed by atoms with van der Waals surface area (Å²) in [5.74, 6) is -2.04. The number of aromatic nitrogens is 6. The van der Waals surface area contributed by atoms with Crippen molar-refractivity contribution in [2.75, 3.05) is 99.5 Å². The Labute approximate surface area is 390 Å². The van der Waals surface area contributed by atoms with Crippen LogP contribution in [-0.2, 0) is 40.5 Å². The molecule has 2 aromatic heterocycles. The molecule has 0 spiro atoms. The predicted octanol–water partition coefficient (Wildman–Crippen LogP) is -1.06. The Balaban J connectivity index is 1.30. The molecule has 4 unspecified atom stereocenters. The number of benzene rings is 2. The van der Waals surface area contributed by atoms with E-state index >= 15 is 0 Å². The number of likely N-dealkylation sites (N-methyl/N-ethyl adjacent to an activating group) is 2. The van der Waals surface area contributed by atoms with Gasteiger partial charge < -0.3 is 41.7 Å². The molecule has 0 radical (unpaired) electrons. The molecule has 2 saturated heterocycles. The quantitative estimate of drug-likeness (QED) is 0.0172. The van der Waals surface area contributed by atoms with E-state index in [4.69, 9.17) is 0 Å². The third kappa shape index (κ3) is 11.8. The highest BCUT2D eigenvalue weighted by Gasteiger charge is 2.70. The van der Waals surface area contributed by atoms with Crippen molar-refractivity contribution in [3.8, 4) is 0 Å². The van der Waals surface area contributed by atoms with Gasteiger partial charge >= 0.3 is 11.9 Å². The summed E-state index contributed by atoms with van der Waals surface area (Å²) in [4.78, 5) is 24.6. The third-order valence-corrected chi connectivity index (χ3v) is 15.1. The van der Waals surface area contributed by atoms with Crippen LogP contribution in [0.15, 0.2) is 46.2 Å². The number of hydrogen-bond acceptors (Lipinski definition) is 22. The van der Waals surface area contributed by atoms with E-state index in [0.717, 1.165) is 24.3 Å². The van der Waals surface area contributed by atoms with E-state index in [1.165, 1.54) is 24.3 Å². The second kappa shape index (κ2) is 19.3. The Morgan fingerprint density at radius 1 is 0.559 bits per heavy atom. The van der Waals surface area contributed by atoms with Gasteiger partial charge in [-0.25, -0.2) is 8.97 Å². The van der Waals surface area contributed by atoms with Crippen LogP contribution in [0.5, 0.6) is 0 Å². The monoisotopic (exact) mass is 1030 g/mol. The van der Waals surface area contributed by atoms with Crippen LogP contribution >= 0.6 is 0 Å². The molecular weight excluding hydrogens is 985 g/mol. The summed E-state index contributed by atoms with van der Waals surface area (Å²) in [5.41, 5.74) is -2.07. The molecule has 28 nitrogen and oxygen atoms in total. The third-order valence-electron chi connectivity index (χ3n) is 11.8.